The highest BCUT2D eigenvalue weighted by Gasteiger charge is 2.21. The fourth-order valence-electron chi connectivity index (χ4n) is 1.86. The van der Waals surface area contributed by atoms with E-state index in [4.69, 9.17) is 0 Å². The maximum absolute atomic E-state index is 10.2. The predicted octanol–water partition coefficient (Wildman–Crippen LogP) is 3.09. The number of fused-ring (bicyclic) bond motifs is 1. The van der Waals surface area contributed by atoms with Crippen LogP contribution in [-0.4, -0.2) is 13.2 Å². The lowest BCUT2D eigenvalue weighted by atomic mass is 10.1. The Morgan fingerprint density at radius 2 is 1.60 bits per heavy atom. The van der Waals surface area contributed by atoms with Crippen molar-refractivity contribution in [1.29, 1.82) is 0 Å². The molecule has 1 N–H and O–H groups in total. The summed E-state index contributed by atoms with van der Waals surface area (Å²) in [6.45, 7) is 6.74. The molecule has 0 aliphatic carbocycles. The van der Waals surface area contributed by atoms with Gasteiger partial charge in [0.25, 0.3) is 0 Å². The molecule has 0 amide bonds. The van der Waals surface area contributed by atoms with E-state index in [1.807, 2.05) is 24.3 Å². The fourth-order valence-corrected chi connectivity index (χ4v) is 3.29. The van der Waals surface area contributed by atoms with E-state index >= 15 is 0 Å². The Hall–Kier alpha value is -1.28. The van der Waals surface area contributed by atoms with Crippen molar-refractivity contribution in [2.24, 2.45) is 0 Å². The van der Waals surface area contributed by atoms with Gasteiger partial charge in [-0.15, -0.1) is 0 Å². The van der Waals surface area contributed by atoms with Gasteiger partial charge in [0, 0.05) is 5.39 Å². The van der Waals surface area contributed by atoms with Gasteiger partial charge in [-0.05, 0) is 10.6 Å². The molecule has 2 aromatic rings. The molecule has 0 spiro atoms. The average Bonchev–Trinajstić information content (AvgIpc) is 2.16. The summed E-state index contributed by atoms with van der Waals surface area (Å²) in [5.41, 5.74) is 0. The third kappa shape index (κ3) is 1.77. The highest BCUT2D eigenvalue weighted by atomic mass is 28.3. The first kappa shape index (κ1) is 10.2. The Balaban J connectivity index is 2.76. The van der Waals surface area contributed by atoms with Crippen LogP contribution in [0.3, 0.4) is 0 Å². The zero-order chi connectivity index (χ0) is 11.1. The Morgan fingerprint density at radius 1 is 0.933 bits per heavy atom. The maximum atomic E-state index is 10.2. The smallest absolute Gasteiger partial charge is 0.122 e. The van der Waals surface area contributed by atoms with Crippen LogP contribution < -0.4 is 5.19 Å². The van der Waals surface area contributed by atoms with Crippen LogP contribution in [0.15, 0.2) is 36.4 Å². The molecule has 0 aliphatic heterocycles. The molecule has 0 aromatic heterocycles. The molecule has 0 radical (unpaired) electrons. The molecular formula is C13H16OSi. The number of phenolic OH excluding ortho intramolecular Hbond substituents is 1. The third-order valence-corrected chi connectivity index (χ3v) is 4.73. The second-order valence-corrected chi connectivity index (χ2v) is 9.97. The summed E-state index contributed by atoms with van der Waals surface area (Å²) in [7, 11) is -1.45. The van der Waals surface area contributed by atoms with E-state index in [0.717, 1.165) is 16.0 Å². The van der Waals surface area contributed by atoms with E-state index in [2.05, 4.69) is 31.8 Å². The summed E-state index contributed by atoms with van der Waals surface area (Å²) < 4.78 is 0. The first-order valence-corrected chi connectivity index (χ1v) is 8.71. The first-order chi connectivity index (χ1) is 7.00. The molecule has 0 saturated carbocycles. The van der Waals surface area contributed by atoms with Gasteiger partial charge in [0.05, 0.1) is 8.07 Å². The van der Waals surface area contributed by atoms with Crippen LogP contribution in [0.25, 0.3) is 10.8 Å². The van der Waals surface area contributed by atoms with Crippen LogP contribution in [-0.2, 0) is 0 Å². The third-order valence-electron chi connectivity index (χ3n) is 2.71. The zero-order valence-corrected chi connectivity index (χ0v) is 10.4. The zero-order valence-electron chi connectivity index (χ0n) is 9.41. The van der Waals surface area contributed by atoms with Gasteiger partial charge in [-0.25, -0.2) is 0 Å². The van der Waals surface area contributed by atoms with E-state index < -0.39 is 8.07 Å². The molecule has 1 nitrogen and oxygen atoms in total. The SMILES string of the molecule is C[Si](C)(C)c1ccc2ccccc2c1O. The Kier molecular flexibility index (Phi) is 2.31. The van der Waals surface area contributed by atoms with Crippen LogP contribution >= 0.6 is 0 Å². The van der Waals surface area contributed by atoms with Gasteiger partial charge in [0.2, 0.25) is 0 Å². The minimum atomic E-state index is -1.45. The van der Waals surface area contributed by atoms with E-state index in [1.165, 1.54) is 0 Å². The fraction of sp³-hybridized carbons (Fsp3) is 0.231. The molecule has 0 saturated heterocycles. The van der Waals surface area contributed by atoms with Crippen molar-refractivity contribution in [2.45, 2.75) is 19.6 Å². The van der Waals surface area contributed by atoms with Gasteiger partial charge in [-0.1, -0.05) is 56.0 Å². The number of rotatable bonds is 1. The number of hydrogen-bond acceptors (Lipinski definition) is 1. The number of phenols is 1. The van der Waals surface area contributed by atoms with Crippen molar-refractivity contribution in [3.05, 3.63) is 36.4 Å². The number of benzene rings is 2. The van der Waals surface area contributed by atoms with Crippen molar-refractivity contribution < 1.29 is 5.11 Å². The lowest BCUT2D eigenvalue weighted by Crippen LogP contribution is -2.37. The van der Waals surface area contributed by atoms with Gasteiger partial charge < -0.3 is 5.11 Å². The minimum absolute atomic E-state index is 0.479. The predicted molar refractivity (Wildman–Crippen MR) is 68.6 cm³/mol. The molecule has 15 heavy (non-hydrogen) atoms. The second kappa shape index (κ2) is 3.38. The van der Waals surface area contributed by atoms with Gasteiger partial charge in [0.15, 0.2) is 0 Å². The van der Waals surface area contributed by atoms with Crippen molar-refractivity contribution in [1.82, 2.24) is 0 Å². The number of hydrogen-bond donors (Lipinski definition) is 1. The molecule has 2 aromatic carbocycles. The van der Waals surface area contributed by atoms with E-state index in [9.17, 15) is 5.11 Å². The Bertz CT molecular complexity index is 497. The summed E-state index contributed by atoms with van der Waals surface area (Å²) in [5.74, 6) is 0.479. The maximum Gasteiger partial charge on any atom is 0.122 e. The summed E-state index contributed by atoms with van der Waals surface area (Å²) in [5, 5.41) is 13.4. The Morgan fingerprint density at radius 3 is 2.27 bits per heavy atom. The van der Waals surface area contributed by atoms with Crippen LogP contribution in [0.4, 0.5) is 0 Å². The number of aromatic hydroxyl groups is 1. The summed E-state index contributed by atoms with van der Waals surface area (Å²) in [6.07, 6.45) is 0. The van der Waals surface area contributed by atoms with Crippen LogP contribution in [0, 0.1) is 0 Å². The van der Waals surface area contributed by atoms with Crippen LogP contribution in [0.1, 0.15) is 0 Å². The van der Waals surface area contributed by atoms with E-state index in [-0.39, 0.29) is 0 Å². The van der Waals surface area contributed by atoms with Gasteiger partial charge in [-0.2, -0.15) is 0 Å². The quantitative estimate of drug-likeness (QED) is 0.726. The second-order valence-electron chi connectivity index (χ2n) is 4.93. The molecule has 0 heterocycles. The highest BCUT2D eigenvalue weighted by Crippen LogP contribution is 2.24. The van der Waals surface area contributed by atoms with Crippen molar-refractivity contribution in [2.75, 3.05) is 0 Å². The molecule has 0 bridgehead atoms. The molecule has 0 fully saturated rings. The highest BCUT2D eigenvalue weighted by molar-refractivity contribution is 6.89. The normalized spacial score (nSPS) is 11.9. The van der Waals surface area contributed by atoms with Crippen LogP contribution in [0.2, 0.25) is 19.6 Å². The molecule has 2 rings (SSSR count). The average molecular weight is 216 g/mol. The van der Waals surface area contributed by atoms with Gasteiger partial charge in [0.1, 0.15) is 5.75 Å². The minimum Gasteiger partial charge on any atom is -0.507 e. The molecular weight excluding hydrogens is 200 g/mol. The summed E-state index contributed by atoms with van der Waals surface area (Å²) in [6, 6.07) is 12.1. The van der Waals surface area contributed by atoms with E-state index in [0.29, 0.717) is 5.75 Å². The van der Waals surface area contributed by atoms with Crippen molar-refractivity contribution in [3.8, 4) is 5.75 Å². The van der Waals surface area contributed by atoms with Crippen molar-refractivity contribution in [3.63, 3.8) is 0 Å². The summed E-state index contributed by atoms with van der Waals surface area (Å²) in [4.78, 5) is 0. The topological polar surface area (TPSA) is 20.2 Å². The first-order valence-electron chi connectivity index (χ1n) is 5.21. The lowest BCUT2D eigenvalue weighted by Gasteiger charge is -2.19. The largest absolute Gasteiger partial charge is 0.507 e. The molecule has 0 atom stereocenters. The summed E-state index contributed by atoms with van der Waals surface area (Å²) >= 11 is 0. The van der Waals surface area contributed by atoms with Crippen LogP contribution in [0.5, 0.6) is 5.75 Å². The van der Waals surface area contributed by atoms with E-state index in [1.54, 1.807) is 0 Å². The van der Waals surface area contributed by atoms with Gasteiger partial charge >= 0.3 is 0 Å². The molecule has 78 valence electrons. The monoisotopic (exact) mass is 216 g/mol. The molecule has 2 heteroatoms. The molecule has 0 aliphatic rings. The standard InChI is InChI=1S/C13H16OSi/c1-15(2,3)12-9-8-10-6-4-5-7-11(10)13(12)14/h4-9,14H,1-3H3. The van der Waals surface area contributed by atoms with Gasteiger partial charge in [-0.3, -0.25) is 0 Å². The molecule has 0 unspecified atom stereocenters. The lowest BCUT2D eigenvalue weighted by molar-refractivity contribution is 0.485. The Labute approximate surface area is 91.4 Å². The van der Waals surface area contributed by atoms with Crippen molar-refractivity contribution >= 4 is 24.0 Å².